The fraction of sp³-hybridized carbons (Fsp3) is 0.545. The largest absolute Gasteiger partial charge is 0.469 e. The number of rotatable bonds is 6. The smallest absolute Gasteiger partial charge is 0.220 e. The van der Waals surface area contributed by atoms with Crippen molar-refractivity contribution in [2.24, 2.45) is 11.7 Å². The molecule has 0 saturated carbocycles. The van der Waals surface area contributed by atoms with E-state index in [0.29, 0.717) is 19.5 Å². The Morgan fingerprint density at radius 3 is 3.07 bits per heavy atom. The Hall–Kier alpha value is -1.29. The highest BCUT2D eigenvalue weighted by molar-refractivity contribution is 5.76. The molecule has 0 aliphatic heterocycles. The summed E-state index contributed by atoms with van der Waals surface area (Å²) in [5.41, 5.74) is 5.43. The molecule has 1 aromatic heterocycles. The van der Waals surface area contributed by atoms with Crippen LogP contribution in [0.2, 0.25) is 0 Å². The van der Waals surface area contributed by atoms with Gasteiger partial charge in [0.05, 0.1) is 6.26 Å². The first-order valence-corrected chi connectivity index (χ1v) is 5.21. The number of hydrogen-bond acceptors (Lipinski definition) is 3. The van der Waals surface area contributed by atoms with Crippen LogP contribution in [0.3, 0.4) is 0 Å². The Morgan fingerprint density at radius 1 is 1.67 bits per heavy atom. The topological polar surface area (TPSA) is 68.3 Å². The molecule has 0 fully saturated rings. The molecule has 0 radical (unpaired) electrons. The van der Waals surface area contributed by atoms with Crippen molar-refractivity contribution in [2.45, 2.75) is 19.8 Å². The van der Waals surface area contributed by atoms with Crippen LogP contribution in [0.5, 0.6) is 0 Å². The summed E-state index contributed by atoms with van der Waals surface area (Å²) in [5, 5.41) is 2.83. The molecule has 1 amide bonds. The Kier molecular flexibility index (Phi) is 4.90. The first-order valence-electron chi connectivity index (χ1n) is 5.21. The molecule has 4 heteroatoms. The van der Waals surface area contributed by atoms with Gasteiger partial charge in [0.1, 0.15) is 5.76 Å². The van der Waals surface area contributed by atoms with Crippen molar-refractivity contribution in [1.82, 2.24) is 5.32 Å². The van der Waals surface area contributed by atoms with E-state index >= 15 is 0 Å². The van der Waals surface area contributed by atoms with E-state index in [1.807, 2.05) is 19.1 Å². The predicted molar refractivity (Wildman–Crippen MR) is 58.3 cm³/mol. The molecule has 3 N–H and O–H groups in total. The summed E-state index contributed by atoms with van der Waals surface area (Å²) in [5.74, 6) is 1.19. The van der Waals surface area contributed by atoms with Crippen LogP contribution in [0, 0.1) is 5.92 Å². The molecule has 0 saturated heterocycles. The van der Waals surface area contributed by atoms with Crippen LogP contribution in [0.15, 0.2) is 22.8 Å². The summed E-state index contributed by atoms with van der Waals surface area (Å²) in [6.07, 6.45) is 2.86. The van der Waals surface area contributed by atoms with Gasteiger partial charge in [-0.25, -0.2) is 0 Å². The first kappa shape index (κ1) is 11.8. The molecule has 1 aromatic rings. The quantitative estimate of drug-likeness (QED) is 0.733. The van der Waals surface area contributed by atoms with Crippen LogP contribution in [-0.4, -0.2) is 19.0 Å². The molecular formula is C11H18N2O2. The third-order valence-corrected chi connectivity index (χ3v) is 2.21. The lowest BCUT2D eigenvalue weighted by Gasteiger charge is -2.08. The zero-order valence-corrected chi connectivity index (χ0v) is 9.03. The normalized spacial score (nSPS) is 12.4. The van der Waals surface area contributed by atoms with Gasteiger partial charge in [0.25, 0.3) is 0 Å². The van der Waals surface area contributed by atoms with Crippen LogP contribution >= 0.6 is 0 Å². The second kappa shape index (κ2) is 6.24. The lowest BCUT2D eigenvalue weighted by molar-refractivity contribution is -0.121. The maximum absolute atomic E-state index is 11.3. The first-order chi connectivity index (χ1) is 7.22. The van der Waals surface area contributed by atoms with E-state index in [2.05, 4.69) is 5.32 Å². The average molecular weight is 210 g/mol. The molecule has 1 unspecified atom stereocenters. The second-order valence-corrected chi connectivity index (χ2v) is 3.72. The number of nitrogens with two attached hydrogens (primary N) is 1. The van der Waals surface area contributed by atoms with Crippen molar-refractivity contribution in [2.75, 3.05) is 13.1 Å². The van der Waals surface area contributed by atoms with E-state index in [-0.39, 0.29) is 11.8 Å². The Morgan fingerprint density at radius 2 is 2.47 bits per heavy atom. The summed E-state index contributed by atoms with van der Waals surface area (Å²) >= 11 is 0. The van der Waals surface area contributed by atoms with Gasteiger partial charge in [0.2, 0.25) is 5.91 Å². The highest BCUT2D eigenvalue weighted by atomic mass is 16.3. The van der Waals surface area contributed by atoms with Crippen LogP contribution in [-0.2, 0) is 11.2 Å². The Labute approximate surface area is 89.8 Å². The van der Waals surface area contributed by atoms with Crippen LogP contribution in [0.25, 0.3) is 0 Å². The molecule has 0 spiro atoms. The van der Waals surface area contributed by atoms with E-state index in [1.165, 1.54) is 0 Å². The van der Waals surface area contributed by atoms with Crippen molar-refractivity contribution in [3.8, 4) is 0 Å². The summed E-state index contributed by atoms with van der Waals surface area (Å²) < 4.78 is 5.15. The van der Waals surface area contributed by atoms with Gasteiger partial charge in [-0.2, -0.15) is 0 Å². The number of carbonyl (C=O) groups is 1. The van der Waals surface area contributed by atoms with E-state index < -0.39 is 0 Å². The molecule has 0 aliphatic rings. The molecule has 1 atom stereocenters. The van der Waals surface area contributed by atoms with Gasteiger partial charge in [-0.3, -0.25) is 4.79 Å². The number of amides is 1. The highest BCUT2D eigenvalue weighted by Crippen LogP contribution is 2.01. The number of hydrogen-bond donors (Lipinski definition) is 2. The number of furan rings is 1. The fourth-order valence-corrected chi connectivity index (χ4v) is 1.25. The second-order valence-electron chi connectivity index (χ2n) is 3.72. The van der Waals surface area contributed by atoms with Crippen LogP contribution in [0.4, 0.5) is 0 Å². The van der Waals surface area contributed by atoms with Gasteiger partial charge in [-0.1, -0.05) is 6.92 Å². The molecule has 15 heavy (non-hydrogen) atoms. The molecular weight excluding hydrogens is 192 g/mol. The minimum absolute atomic E-state index is 0.0551. The molecule has 84 valence electrons. The van der Waals surface area contributed by atoms with Gasteiger partial charge in [0.15, 0.2) is 0 Å². The fourth-order valence-electron chi connectivity index (χ4n) is 1.25. The SMILES string of the molecule is CC(CN)CC(=O)NCCc1ccco1. The van der Waals surface area contributed by atoms with Crippen molar-refractivity contribution < 1.29 is 9.21 Å². The van der Waals surface area contributed by atoms with E-state index in [9.17, 15) is 4.79 Å². The third kappa shape index (κ3) is 4.65. The van der Waals surface area contributed by atoms with Gasteiger partial charge in [-0.15, -0.1) is 0 Å². The van der Waals surface area contributed by atoms with E-state index in [0.717, 1.165) is 12.2 Å². The number of carbonyl (C=O) groups excluding carboxylic acids is 1. The summed E-state index contributed by atoms with van der Waals surface area (Å²) in [6.45, 7) is 3.13. The lowest BCUT2D eigenvalue weighted by atomic mass is 10.1. The standard InChI is InChI=1S/C11H18N2O2/c1-9(8-12)7-11(14)13-5-4-10-3-2-6-15-10/h2-3,6,9H,4-5,7-8,12H2,1H3,(H,13,14). The zero-order valence-electron chi connectivity index (χ0n) is 9.03. The van der Waals surface area contributed by atoms with Crippen molar-refractivity contribution >= 4 is 5.91 Å². The van der Waals surface area contributed by atoms with Gasteiger partial charge >= 0.3 is 0 Å². The minimum atomic E-state index is 0.0551. The Bertz CT molecular complexity index is 283. The maximum atomic E-state index is 11.3. The average Bonchev–Trinajstić information content (AvgIpc) is 2.70. The van der Waals surface area contributed by atoms with E-state index in [4.69, 9.17) is 10.2 Å². The van der Waals surface area contributed by atoms with Crippen molar-refractivity contribution in [3.05, 3.63) is 24.2 Å². The van der Waals surface area contributed by atoms with Gasteiger partial charge in [0, 0.05) is 19.4 Å². The molecule has 0 aliphatic carbocycles. The third-order valence-electron chi connectivity index (χ3n) is 2.21. The Balaban J connectivity index is 2.12. The molecule has 4 nitrogen and oxygen atoms in total. The summed E-state index contributed by atoms with van der Waals surface area (Å²) in [4.78, 5) is 11.3. The lowest BCUT2D eigenvalue weighted by Crippen LogP contribution is -2.28. The summed E-state index contributed by atoms with van der Waals surface area (Å²) in [7, 11) is 0. The van der Waals surface area contributed by atoms with Crippen LogP contribution < -0.4 is 11.1 Å². The number of nitrogens with one attached hydrogen (secondary N) is 1. The molecule has 1 heterocycles. The zero-order chi connectivity index (χ0) is 11.1. The minimum Gasteiger partial charge on any atom is -0.469 e. The molecule has 0 bridgehead atoms. The van der Waals surface area contributed by atoms with E-state index in [1.54, 1.807) is 6.26 Å². The van der Waals surface area contributed by atoms with Crippen molar-refractivity contribution in [3.63, 3.8) is 0 Å². The van der Waals surface area contributed by atoms with Gasteiger partial charge in [-0.05, 0) is 24.6 Å². The molecule has 0 aromatic carbocycles. The van der Waals surface area contributed by atoms with Crippen LogP contribution in [0.1, 0.15) is 19.1 Å². The molecule has 1 rings (SSSR count). The van der Waals surface area contributed by atoms with Crippen molar-refractivity contribution in [1.29, 1.82) is 0 Å². The maximum Gasteiger partial charge on any atom is 0.220 e. The van der Waals surface area contributed by atoms with Gasteiger partial charge < -0.3 is 15.5 Å². The monoisotopic (exact) mass is 210 g/mol. The highest BCUT2D eigenvalue weighted by Gasteiger charge is 2.06. The summed E-state index contributed by atoms with van der Waals surface area (Å²) in [6, 6.07) is 3.74. The predicted octanol–water partition coefficient (Wildman–Crippen LogP) is 0.923.